The third-order valence-corrected chi connectivity index (χ3v) is 3.16. The van der Waals surface area contributed by atoms with Crippen molar-refractivity contribution in [2.75, 3.05) is 13.7 Å². The summed E-state index contributed by atoms with van der Waals surface area (Å²) in [5.74, 6) is 1.42. The smallest absolute Gasteiger partial charge is 0.325 e. The maximum Gasteiger partial charge on any atom is 0.325 e. The van der Waals surface area contributed by atoms with Crippen molar-refractivity contribution in [3.63, 3.8) is 0 Å². The fourth-order valence-corrected chi connectivity index (χ4v) is 1.78. The molecule has 2 N–H and O–H groups in total. The van der Waals surface area contributed by atoms with Crippen LogP contribution in [0.3, 0.4) is 0 Å². The van der Waals surface area contributed by atoms with Gasteiger partial charge in [-0.1, -0.05) is 25.6 Å². The lowest BCUT2D eigenvalue weighted by Crippen LogP contribution is -2.30. The van der Waals surface area contributed by atoms with Gasteiger partial charge in [-0.2, -0.15) is 0 Å². The monoisotopic (exact) mass is 306 g/mol. The lowest BCUT2D eigenvalue weighted by Gasteiger charge is -2.06. The van der Waals surface area contributed by atoms with Gasteiger partial charge in [0.15, 0.2) is 5.69 Å². The van der Waals surface area contributed by atoms with Gasteiger partial charge in [-0.25, -0.2) is 4.98 Å². The molecule has 7 heteroatoms. The highest BCUT2D eigenvalue weighted by atomic mass is 28.3. The quantitative estimate of drug-likeness (QED) is 0.492. The van der Waals surface area contributed by atoms with E-state index in [4.69, 9.17) is 0 Å². The van der Waals surface area contributed by atoms with Crippen LogP contribution in [0.4, 0.5) is 0 Å². The Labute approximate surface area is 124 Å². The van der Waals surface area contributed by atoms with Crippen LogP contribution >= 0.6 is 0 Å². The summed E-state index contributed by atoms with van der Waals surface area (Å²) < 4.78 is 4.40. The van der Waals surface area contributed by atoms with Crippen LogP contribution in [-0.4, -0.2) is 43.7 Å². The Morgan fingerprint density at radius 2 is 2.10 bits per heavy atom. The van der Waals surface area contributed by atoms with Crippen LogP contribution < -0.4 is 5.32 Å². The topological polar surface area (TPSA) is 88.5 Å². The molecule has 1 amide bonds. The van der Waals surface area contributed by atoms with Gasteiger partial charge in [-0.05, 0) is 6.07 Å². The molecule has 1 aromatic rings. The van der Waals surface area contributed by atoms with Gasteiger partial charge in [0.2, 0.25) is 0 Å². The third kappa shape index (κ3) is 5.67. The van der Waals surface area contributed by atoms with E-state index in [9.17, 15) is 14.7 Å². The first-order valence-electron chi connectivity index (χ1n) is 6.30. The van der Waals surface area contributed by atoms with E-state index in [0.29, 0.717) is 5.56 Å². The minimum absolute atomic E-state index is 0.155. The van der Waals surface area contributed by atoms with Crippen LogP contribution in [0.15, 0.2) is 12.3 Å². The second-order valence-electron chi connectivity index (χ2n) is 5.35. The van der Waals surface area contributed by atoms with Gasteiger partial charge in [0.05, 0.1) is 7.11 Å². The van der Waals surface area contributed by atoms with Crippen molar-refractivity contribution in [2.45, 2.75) is 19.6 Å². The van der Waals surface area contributed by atoms with Crippen LogP contribution in [-0.2, 0) is 9.53 Å². The van der Waals surface area contributed by atoms with E-state index in [1.54, 1.807) is 0 Å². The Morgan fingerprint density at radius 3 is 2.62 bits per heavy atom. The molecule has 0 aliphatic heterocycles. The minimum Gasteiger partial charge on any atom is -0.505 e. The summed E-state index contributed by atoms with van der Waals surface area (Å²) in [5, 5.41) is 12.1. The fraction of sp³-hybridized carbons (Fsp3) is 0.357. The molecule has 0 aliphatic rings. The largest absolute Gasteiger partial charge is 0.505 e. The Bertz CT molecular complexity index is 612. The molecule has 1 rings (SSSR count). The molecule has 1 heterocycles. The number of amides is 1. The second kappa shape index (κ2) is 6.90. The Kier molecular flexibility index (Phi) is 5.49. The average molecular weight is 306 g/mol. The zero-order valence-electron chi connectivity index (χ0n) is 12.5. The number of hydrogen-bond donors (Lipinski definition) is 2. The van der Waals surface area contributed by atoms with E-state index in [2.05, 4.69) is 46.1 Å². The van der Waals surface area contributed by atoms with Gasteiger partial charge >= 0.3 is 5.97 Å². The van der Waals surface area contributed by atoms with Crippen molar-refractivity contribution < 1.29 is 19.4 Å². The summed E-state index contributed by atoms with van der Waals surface area (Å²) in [6.07, 6.45) is 1.42. The normalized spacial score (nSPS) is 10.3. The number of methoxy groups -OCH3 is 1. The van der Waals surface area contributed by atoms with E-state index in [1.165, 1.54) is 19.4 Å². The van der Waals surface area contributed by atoms with Crippen molar-refractivity contribution in [3.05, 3.63) is 23.5 Å². The molecule has 112 valence electrons. The van der Waals surface area contributed by atoms with E-state index in [0.717, 1.165) is 0 Å². The van der Waals surface area contributed by atoms with Gasteiger partial charge in [0.1, 0.15) is 20.4 Å². The molecule has 6 nitrogen and oxygen atoms in total. The van der Waals surface area contributed by atoms with E-state index >= 15 is 0 Å². The summed E-state index contributed by atoms with van der Waals surface area (Å²) in [6, 6.07) is 1.38. The fourth-order valence-electron chi connectivity index (χ4n) is 1.26. The van der Waals surface area contributed by atoms with E-state index in [1.807, 2.05) is 0 Å². The zero-order valence-corrected chi connectivity index (χ0v) is 13.5. The lowest BCUT2D eigenvalue weighted by molar-refractivity contribution is -0.139. The van der Waals surface area contributed by atoms with Crippen LogP contribution in [0, 0.1) is 11.5 Å². The van der Waals surface area contributed by atoms with Crippen LogP contribution in [0.5, 0.6) is 5.75 Å². The highest BCUT2D eigenvalue weighted by Gasteiger charge is 2.14. The summed E-state index contributed by atoms with van der Waals surface area (Å²) in [4.78, 5) is 26.6. The summed E-state index contributed by atoms with van der Waals surface area (Å²) >= 11 is 0. The van der Waals surface area contributed by atoms with E-state index < -0.39 is 20.0 Å². The maximum absolute atomic E-state index is 11.7. The van der Waals surface area contributed by atoms with Crippen LogP contribution in [0.1, 0.15) is 16.1 Å². The first kappa shape index (κ1) is 16.7. The molecule has 0 aliphatic carbocycles. The highest BCUT2D eigenvalue weighted by Crippen LogP contribution is 2.15. The van der Waals surface area contributed by atoms with E-state index in [-0.39, 0.29) is 18.0 Å². The molecule has 0 fully saturated rings. The average Bonchev–Trinajstić information content (AvgIpc) is 2.41. The van der Waals surface area contributed by atoms with Crippen molar-refractivity contribution >= 4 is 20.0 Å². The number of pyridine rings is 1. The van der Waals surface area contributed by atoms with Crippen molar-refractivity contribution in [1.82, 2.24) is 10.3 Å². The highest BCUT2D eigenvalue weighted by molar-refractivity contribution is 6.83. The number of aromatic hydroxyl groups is 1. The molecule has 1 aromatic heterocycles. The molecule has 0 radical (unpaired) electrons. The molecule has 0 saturated heterocycles. The first-order valence-corrected chi connectivity index (χ1v) is 9.80. The number of carbonyl (C=O) groups is 2. The predicted octanol–water partition coefficient (Wildman–Crippen LogP) is 0.919. The van der Waals surface area contributed by atoms with Gasteiger partial charge in [-0.15, -0.1) is 5.54 Å². The lowest BCUT2D eigenvalue weighted by atomic mass is 10.2. The molecule has 0 saturated carbocycles. The molecule has 0 unspecified atom stereocenters. The molecule has 21 heavy (non-hydrogen) atoms. The number of aromatic nitrogens is 1. The second-order valence-corrected chi connectivity index (χ2v) is 10.1. The molecule has 0 spiro atoms. The van der Waals surface area contributed by atoms with Crippen molar-refractivity contribution in [1.29, 1.82) is 0 Å². The summed E-state index contributed by atoms with van der Waals surface area (Å²) in [6.45, 7) is 6.01. The van der Waals surface area contributed by atoms with Crippen molar-refractivity contribution in [2.24, 2.45) is 0 Å². The molecule has 0 aromatic carbocycles. The Morgan fingerprint density at radius 1 is 1.43 bits per heavy atom. The Balaban J connectivity index is 2.85. The third-order valence-electron chi connectivity index (χ3n) is 2.29. The van der Waals surface area contributed by atoms with Crippen molar-refractivity contribution in [3.8, 4) is 17.2 Å². The minimum atomic E-state index is -1.52. The van der Waals surface area contributed by atoms with Crippen LogP contribution in [0.25, 0.3) is 0 Å². The standard InChI is InChI=1S/C14H18N2O4Si/c1-20-12(18)9-16-14(19)13-11(17)7-10(8-15-13)5-6-21(2,3)4/h7-8,17H,9H2,1-4H3,(H,16,19). The molecular formula is C14H18N2O4Si. The summed E-state index contributed by atoms with van der Waals surface area (Å²) in [5.41, 5.74) is 3.52. The molecular weight excluding hydrogens is 288 g/mol. The number of hydrogen-bond acceptors (Lipinski definition) is 5. The number of esters is 1. The van der Waals surface area contributed by atoms with Gasteiger partial charge in [0, 0.05) is 11.8 Å². The number of nitrogens with one attached hydrogen (secondary N) is 1. The number of nitrogens with zero attached hydrogens (tertiary/aromatic N) is 1. The Hall–Kier alpha value is -2.33. The summed E-state index contributed by atoms with van der Waals surface area (Å²) in [7, 11) is -0.305. The SMILES string of the molecule is COC(=O)CNC(=O)c1ncc(C#C[Si](C)(C)C)cc1O. The maximum atomic E-state index is 11.7. The van der Waals surface area contributed by atoms with Crippen LogP contribution in [0.2, 0.25) is 19.6 Å². The number of rotatable bonds is 3. The first-order chi connectivity index (χ1) is 9.73. The zero-order chi connectivity index (χ0) is 16.0. The van der Waals surface area contributed by atoms with Gasteiger partial charge in [-0.3, -0.25) is 9.59 Å². The number of carbonyl (C=O) groups excluding carboxylic acids is 2. The number of ether oxygens (including phenoxy) is 1. The van der Waals surface area contributed by atoms with Gasteiger partial charge in [0.25, 0.3) is 5.91 Å². The predicted molar refractivity (Wildman–Crippen MR) is 80.5 cm³/mol. The molecule has 0 atom stereocenters. The molecule has 0 bridgehead atoms. The van der Waals surface area contributed by atoms with Gasteiger partial charge < -0.3 is 15.2 Å².